The molecule has 0 atom stereocenters. The summed E-state index contributed by atoms with van der Waals surface area (Å²) < 4.78 is 0. The first-order chi connectivity index (χ1) is 9.06. The van der Waals surface area contributed by atoms with E-state index < -0.39 is 5.91 Å². The molecule has 5 heteroatoms. The molecule has 2 rings (SSSR count). The second-order valence-corrected chi connectivity index (χ2v) is 5.47. The number of carbonyl (C=O) groups excluding carboxylic acids is 1. The second kappa shape index (κ2) is 5.99. The molecule has 0 aliphatic carbocycles. The zero-order valence-corrected chi connectivity index (χ0v) is 11.7. The fourth-order valence-electron chi connectivity index (χ4n) is 1.61. The molecule has 98 valence electrons. The van der Waals surface area contributed by atoms with Gasteiger partial charge in [0, 0.05) is 21.9 Å². The molecule has 0 aliphatic heterocycles. The molecule has 0 saturated carbocycles. The van der Waals surface area contributed by atoms with Crippen molar-refractivity contribution in [3.8, 4) is 0 Å². The van der Waals surface area contributed by atoms with Crippen LogP contribution in [-0.4, -0.2) is 5.91 Å². The minimum absolute atomic E-state index is 0.419. The Morgan fingerprint density at radius 3 is 2.68 bits per heavy atom. The smallest absolute Gasteiger partial charge is 0.248 e. The summed E-state index contributed by atoms with van der Waals surface area (Å²) >= 11 is 7.69. The third-order valence-corrected chi connectivity index (χ3v) is 4.13. The van der Waals surface area contributed by atoms with Gasteiger partial charge in [0.05, 0.1) is 5.02 Å². The first-order valence-corrected chi connectivity index (χ1v) is 6.99. The normalized spacial score (nSPS) is 10.4. The Balaban J connectivity index is 2.10. The van der Waals surface area contributed by atoms with E-state index in [-0.39, 0.29) is 0 Å². The van der Waals surface area contributed by atoms with E-state index in [0.29, 0.717) is 22.0 Å². The molecular weight excluding hydrogens is 280 g/mol. The van der Waals surface area contributed by atoms with Gasteiger partial charge in [-0.15, -0.1) is 11.8 Å². The summed E-state index contributed by atoms with van der Waals surface area (Å²) in [4.78, 5) is 12.1. The number of halogens is 1. The predicted molar refractivity (Wildman–Crippen MR) is 80.4 cm³/mol. The molecular formula is C14H13ClN2OS. The fourth-order valence-corrected chi connectivity index (χ4v) is 2.83. The maximum atomic E-state index is 11.1. The molecule has 0 saturated heterocycles. The minimum Gasteiger partial charge on any atom is -0.399 e. The van der Waals surface area contributed by atoms with Gasteiger partial charge in [0.2, 0.25) is 5.91 Å². The minimum atomic E-state index is -0.419. The lowest BCUT2D eigenvalue weighted by Crippen LogP contribution is -2.10. The van der Waals surface area contributed by atoms with Gasteiger partial charge in [0.15, 0.2) is 0 Å². The molecule has 0 spiro atoms. The van der Waals surface area contributed by atoms with Gasteiger partial charge in [-0.25, -0.2) is 0 Å². The Labute approximate surface area is 120 Å². The number of rotatable bonds is 4. The molecule has 4 N–H and O–H groups in total. The van der Waals surface area contributed by atoms with E-state index in [0.717, 1.165) is 10.5 Å². The largest absolute Gasteiger partial charge is 0.399 e. The second-order valence-electron chi connectivity index (χ2n) is 4.04. The van der Waals surface area contributed by atoms with Crippen LogP contribution in [0.4, 0.5) is 5.69 Å². The number of amides is 1. The van der Waals surface area contributed by atoms with Crippen LogP contribution in [-0.2, 0) is 5.75 Å². The lowest BCUT2D eigenvalue weighted by Gasteiger charge is -2.06. The Kier molecular flexibility index (Phi) is 4.35. The number of nitrogen functional groups attached to an aromatic ring is 1. The van der Waals surface area contributed by atoms with Crippen LogP contribution in [0.1, 0.15) is 15.9 Å². The number of hydrogen-bond acceptors (Lipinski definition) is 3. The molecule has 0 heterocycles. The van der Waals surface area contributed by atoms with Gasteiger partial charge in [-0.05, 0) is 35.9 Å². The lowest BCUT2D eigenvalue weighted by molar-refractivity contribution is 0.1000. The molecule has 0 unspecified atom stereocenters. The Bertz CT molecular complexity index is 616. The van der Waals surface area contributed by atoms with Gasteiger partial charge in [-0.1, -0.05) is 23.7 Å². The number of carbonyl (C=O) groups is 1. The van der Waals surface area contributed by atoms with Crippen LogP contribution in [0.15, 0.2) is 47.4 Å². The average Bonchev–Trinajstić information content (AvgIpc) is 2.38. The molecule has 1 amide bonds. The van der Waals surface area contributed by atoms with Crippen molar-refractivity contribution in [1.82, 2.24) is 0 Å². The first kappa shape index (κ1) is 13.8. The molecule has 0 aliphatic rings. The zero-order valence-electron chi connectivity index (χ0n) is 10.1. The van der Waals surface area contributed by atoms with E-state index >= 15 is 0 Å². The van der Waals surface area contributed by atoms with Gasteiger partial charge >= 0.3 is 0 Å². The van der Waals surface area contributed by atoms with Crippen molar-refractivity contribution in [3.05, 3.63) is 58.6 Å². The number of hydrogen-bond donors (Lipinski definition) is 2. The van der Waals surface area contributed by atoms with Gasteiger partial charge < -0.3 is 11.5 Å². The fraction of sp³-hybridized carbons (Fsp3) is 0.0714. The quantitative estimate of drug-likeness (QED) is 0.671. The predicted octanol–water partition coefficient (Wildman–Crippen LogP) is 3.31. The molecule has 19 heavy (non-hydrogen) atoms. The van der Waals surface area contributed by atoms with Crippen molar-refractivity contribution < 1.29 is 4.79 Å². The van der Waals surface area contributed by atoms with Gasteiger partial charge in [0.25, 0.3) is 0 Å². The van der Waals surface area contributed by atoms with Crippen LogP contribution in [0.3, 0.4) is 0 Å². The highest BCUT2D eigenvalue weighted by atomic mass is 35.5. The van der Waals surface area contributed by atoms with Gasteiger partial charge in [-0.2, -0.15) is 0 Å². The van der Waals surface area contributed by atoms with Crippen LogP contribution in [0.25, 0.3) is 0 Å². The highest BCUT2D eigenvalue weighted by Gasteiger charge is 2.04. The van der Waals surface area contributed by atoms with Crippen LogP contribution in [0.5, 0.6) is 0 Å². The van der Waals surface area contributed by atoms with E-state index in [1.54, 1.807) is 30.0 Å². The summed E-state index contributed by atoms with van der Waals surface area (Å²) in [5.41, 5.74) is 13.1. The van der Waals surface area contributed by atoms with E-state index in [4.69, 9.17) is 23.1 Å². The third kappa shape index (κ3) is 3.66. The summed E-state index contributed by atoms with van der Waals surface area (Å²) in [5, 5.41) is 0.635. The number of thioether (sulfide) groups is 1. The van der Waals surface area contributed by atoms with E-state index in [1.165, 1.54) is 0 Å². The summed E-state index contributed by atoms with van der Waals surface area (Å²) in [6.07, 6.45) is 0. The highest BCUT2D eigenvalue weighted by molar-refractivity contribution is 7.98. The molecule has 0 bridgehead atoms. The van der Waals surface area contributed by atoms with E-state index in [9.17, 15) is 4.79 Å². The van der Waals surface area contributed by atoms with Gasteiger partial charge in [-0.3, -0.25) is 4.79 Å². The summed E-state index contributed by atoms with van der Waals surface area (Å²) in [6.45, 7) is 0. The van der Waals surface area contributed by atoms with Crippen LogP contribution < -0.4 is 11.5 Å². The maximum Gasteiger partial charge on any atom is 0.248 e. The van der Waals surface area contributed by atoms with Gasteiger partial charge in [0.1, 0.15) is 0 Å². The molecule has 0 radical (unpaired) electrons. The molecule has 3 nitrogen and oxygen atoms in total. The van der Waals surface area contributed by atoms with Crippen molar-refractivity contribution in [1.29, 1.82) is 0 Å². The van der Waals surface area contributed by atoms with Crippen LogP contribution in [0.2, 0.25) is 5.02 Å². The van der Waals surface area contributed by atoms with E-state index in [2.05, 4.69) is 0 Å². The third-order valence-electron chi connectivity index (χ3n) is 2.56. The van der Waals surface area contributed by atoms with Crippen molar-refractivity contribution in [2.45, 2.75) is 10.6 Å². The summed E-state index contributed by atoms with van der Waals surface area (Å²) in [7, 11) is 0. The Morgan fingerprint density at radius 1 is 1.21 bits per heavy atom. The Hall–Kier alpha value is -1.65. The molecule has 0 aromatic heterocycles. The number of anilines is 1. The average molecular weight is 293 g/mol. The number of primary amides is 1. The topological polar surface area (TPSA) is 69.1 Å². The molecule has 2 aromatic rings. The lowest BCUT2D eigenvalue weighted by atomic mass is 10.1. The zero-order chi connectivity index (χ0) is 13.8. The van der Waals surface area contributed by atoms with Crippen molar-refractivity contribution >= 4 is 35.0 Å². The standard InChI is InChI=1S/C14H13ClN2OS/c15-12-7-11(16)4-5-13(12)19-8-9-2-1-3-10(6-9)14(17)18/h1-7H,8,16H2,(H2,17,18). The Morgan fingerprint density at radius 2 is 2.00 bits per heavy atom. The highest BCUT2D eigenvalue weighted by Crippen LogP contribution is 2.31. The van der Waals surface area contributed by atoms with Crippen LogP contribution >= 0.6 is 23.4 Å². The van der Waals surface area contributed by atoms with Crippen molar-refractivity contribution in [3.63, 3.8) is 0 Å². The summed E-state index contributed by atoms with van der Waals surface area (Å²) in [6, 6.07) is 12.7. The van der Waals surface area contributed by atoms with Crippen LogP contribution in [0, 0.1) is 0 Å². The summed E-state index contributed by atoms with van der Waals surface area (Å²) in [5.74, 6) is 0.294. The van der Waals surface area contributed by atoms with Crippen molar-refractivity contribution in [2.24, 2.45) is 5.73 Å². The molecule has 0 fully saturated rings. The monoisotopic (exact) mass is 292 g/mol. The van der Waals surface area contributed by atoms with Crippen molar-refractivity contribution in [2.75, 3.05) is 5.73 Å². The van der Waals surface area contributed by atoms with E-state index in [1.807, 2.05) is 24.3 Å². The number of nitrogens with two attached hydrogens (primary N) is 2. The first-order valence-electron chi connectivity index (χ1n) is 5.63. The SMILES string of the molecule is NC(=O)c1cccc(CSc2ccc(N)cc2Cl)c1. The molecule has 2 aromatic carbocycles. The number of benzene rings is 2. The maximum absolute atomic E-state index is 11.1.